The van der Waals surface area contributed by atoms with Crippen LogP contribution in [0.1, 0.15) is 16.7 Å². The van der Waals surface area contributed by atoms with E-state index in [0.29, 0.717) is 28.7 Å². The van der Waals surface area contributed by atoms with E-state index in [-0.39, 0.29) is 5.82 Å². The first-order valence-corrected chi connectivity index (χ1v) is 9.04. The summed E-state index contributed by atoms with van der Waals surface area (Å²) >= 11 is 12.0. The molecule has 0 fully saturated rings. The van der Waals surface area contributed by atoms with Gasteiger partial charge in [-0.2, -0.15) is 0 Å². The van der Waals surface area contributed by atoms with E-state index in [0.717, 1.165) is 11.1 Å². The molecule has 0 aromatic heterocycles. The van der Waals surface area contributed by atoms with Crippen molar-refractivity contribution in [2.75, 3.05) is 6.54 Å². The third kappa shape index (κ3) is 4.25. The molecule has 2 nitrogen and oxygen atoms in total. The fraction of sp³-hybridized carbons (Fsp3) is 0.143. The molecule has 1 atom stereocenters. The first-order chi connectivity index (χ1) is 12.5. The highest BCUT2D eigenvalue weighted by Crippen LogP contribution is 2.28. The maximum absolute atomic E-state index is 13.3. The quantitative estimate of drug-likeness (QED) is 0.652. The third-order valence-electron chi connectivity index (χ3n) is 4.38. The Morgan fingerprint density at radius 2 is 1.50 bits per heavy atom. The van der Waals surface area contributed by atoms with Crippen LogP contribution in [0, 0.1) is 5.82 Å². The summed E-state index contributed by atoms with van der Waals surface area (Å²) in [7, 11) is 0. The van der Waals surface area contributed by atoms with Gasteiger partial charge in [0.25, 0.3) is 0 Å². The monoisotopic (exact) mass is 390 g/mol. The average Bonchev–Trinajstić information content (AvgIpc) is 2.66. The number of aliphatic hydroxyl groups is 1. The van der Waals surface area contributed by atoms with Crippen molar-refractivity contribution in [1.82, 2.24) is 0 Å². The second kappa shape index (κ2) is 8.19. The second-order valence-corrected chi connectivity index (χ2v) is 6.99. The molecule has 0 saturated carbocycles. The summed E-state index contributed by atoms with van der Waals surface area (Å²) in [6.45, 7) is 1.01. The minimum Gasteiger partial charge on any atom is -0.375 e. The lowest BCUT2D eigenvalue weighted by Crippen LogP contribution is -2.86. The van der Waals surface area contributed by atoms with Crippen molar-refractivity contribution < 1.29 is 14.8 Å². The molecule has 0 saturated heterocycles. The van der Waals surface area contributed by atoms with Gasteiger partial charge in [-0.3, -0.25) is 0 Å². The number of rotatable bonds is 6. The number of nitrogens with two attached hydrogens (primary N) is 1. The van der Waals surface area contributed by atoms with Crippen LogP contribution in [0.4, 0.5) is 4.39 Å². The van der Waals surface area contributed by atoms with Gasteiger partial charge in [0.1, 0.15) is 18.9 Å². The summed E-state index contributed by atoms with van der Waals surface area (Å²) in [5.74, 6) is -0.330. The highest BCUT2D eigenvalue weighted by molar-refractivity contribution is 6.42. The van der Waals surface area contributed by atoms with Crippen LogP contribution >= 0.6 is 23.2 Å². The summed E-state index contributed by atoms with van der Waals surface area (Å²) in [6, 6.07) is 20.8. The summed E-state index contributed by atoms with van der Waals surface area (Å²) in [5.41, 5.74) is 1.19. The molecule has 0 heterocycles. The predicted octanol–water partition coefficient (Wildman–Crippen LogP) is 4.13. The van der Waals surface area contributed by atoms with Gasteiger partial charge in [0.05, 0.1) is 10.0 Å². The smallest absolute Gasteiger partial charge is 0.163 e. The van der Waals surface area contributed by atoms with Gasteiger partial charge in [0, 0.05) is 5.56 Å². The van der Waals surface area contributed by atoms with E-state index in [2.05, 4.69) is 0 Å². The molecule has 0 amide bonds. The fourth-order valence-corrected chi connectivity index (χ4v) is 3.28. The number of hydrogen-bond acceptors (Lipinski definition) is 1. The number of hydrogen-bond donors (Lipinski definition) is 2. The molecule has 0 spiro atoms. The number of halogens is 3. The van der Waals surface area contributed by atoms with Gasteiger partial charge in [-0.05, 0) is 35.4 Å². The van der Waals surface area contributed by atoms with Gasteiger partial charge in [0.15, 0.2) is 5.60 Å². The maximum Gasteiger partial charge on any atom is 0.163 e. The van der Waals surface area contributed by atoms with E-state index in [9.17, 15) is 9.50 Å². The summed E-state index contributed by atoms with van der Waals surface area (Å²) in [4.78, 5) is 0. The van der Waals surface area contributed by atoms with Gasteiger partial charge in [-0.1, -0.05) is 71.7 Å². The van der Waals surface area contributed by atoms with Gasteiger partial charge < -0.3 is 10.4 Å². The molecule has 0 unspecified atom stereocenters. The van der Waals surface area contributed by atoms with Crippen molar-refractivity contribution in [3.05, 3.63) is 105 Å². The van der Waals surface area contributed by atoms with Crippen LogP contribution in [-0.4, -0.2) is 11.7 Å². The molecule has 3 rings (SSSR count). The van der Waals surface area contributed by atoms with Crippen molar-refractivity contribution >= 4 is 23.2 Å². The largest absolute Gasteiger partial charge is 0.375 e. The minimum absolute atomic E-state index is 0.330. The zero-order valence-electron chi connectivity index (χ0n) is 14.0. The Labute approximate surface area is 162 Å². The van der Waals surface area contributed by atoms with Crippen LogP contribution < -0.4 is 5.32 Å². The highest BCUT2D eigenvalue weighted by Gasteiger charge is 2.33. The van der Waals surface area contributed by atoms with Crippen LogP contribution in [-0.2, 0) is 12.1 Å². The lowest BCUT2D eigenvalue weighted by molar-refractivity contribution is -0.682. The van der Waals surface area contributed by atoms with E-state index < -0.39 is 5.60 Å². The Balaban J connectivity index is 1.82. The van der Waals surface area contributed by atoms with Gasteiger partial charge in [-0.15, -0.1) is 0 Å². The van der Waals surface area contributed by atoms with E-state index in [4.69, 9.17) is 23.2 Å². The highest BCUT2D eigenvalue weighted by atomic mass is 35.5. The Morgan fingerprint density at radius 1 is 0.846 bits per heavy atom. The minimum atomic E-state index is -1.23. The molecule has 3 aromatic rings. The Morgan fingerprint density at radius 3 is 2.15 bits per heavy atom. The van der Waals surface area contributed by atoms with E-state index in [1.54, 1.807) is 18.2 Å². The van der Waals surface area contributed by atoms with Crippen molar-refractivity contribution in [3.8, 4) is 0 Å². The Kier molecular flexibility index (Phi) is 5.94. The maximum atomic E-state index is 13.3. The number of benzene rings is 3. The van der Waals surface area contributed by atoms with Crippen LogP contribution in [0.3, 0.4) is 0 Å². The first-order valence-electron chi connectivity index (χ1n) is 8.28. The fourth-order valence-electron chi connectivity index (χ4n) is 2.96. The van der Waals surface area contributed by atoms with Crippen LogP contribution in [0.5, 0.6) is 0 Å². The molecule has 3 aromatic carbocycles. The van der Waals surface area contributed by atoms with Crippen molar-refractivity contribution in [1.29, 1.82) is 0 Å². The third-order valence-corrected chi connectivity index (χ3v) is 5.12. The van der Waals surface area contributed by atoms with Gasteiger partial charge in [-0.25, -0.2) is 4.39 Å². The molecule has 5 heteroatoms. The van der Waals surface area contributed by atoms with Crippen LogP contribution in [0.25, 0.3) is 0 Å². The molecule has 26 heavy (non-hydrogen) atoms. The standard InChI is InChI=1S/C21H18Cl2FNO/c22-19-11-6-15(12-20(19)23)13-25-14-21(26,16-4-2-1-3-5-16)17-7-9-18(24)10-8-17/h1-12,25-26H,13-14H2/p+1/t21-/m1/s1. The van der Waals surface area contributed by atoms with E-state index >= 15 is 0 Å². The summed E-state index contributed by atoms with van der Waals surface area (Å²) < 4.78 is 13.3. The lowest BCUT2D eigenvalue weighted by atomic mass is 9.86. The van der Waals surface area contributed by atoms with Crippen LogP contribution in [0.15, 0.2) is 72.8 Å². The van der Waals surface area contributed by atoms with Gasteiger partial charge >= 0.3 is 0 Å². The molecule has 0 aliphatic carbocycles. The van der Waals surface area contributed by atoms with Crippen molar-refractivity contribution in [2.45, 2.75) is 12.1 Å². The van der Waals surface area contributed by atoms with E-state index in [1.807, 2.05) is 47.8 Å². The first kappa shape index (κ1) is 18.9. The summed E-state index contributed by atoms with van der Waals surface area (Å²) in [5, 5.41) is 14.4. The van der Waals surface area contributed by atoms with Crippen molar-refractivity contribution in [3.63, 3.8) is 0 Å². The summed E-state index contributed by atoms with van der Waals surface area (Å²) in [6.07, 6.45) is 0. The SMILES string of the molecule is O[C@](C[NH2+]Cc1ccc(Cl)c(Cl)c1)(c1ccccc1)c1ccc(F)cc1. The molecule has 0 aliphatic heterocycles. The molecular formula is C21H19Cl2FNO+. The molecule has 0 radical (unpaired) electrons. The molecule has 0 aliphatic rings. The molecule has 134 valence electrons. The van der Waals surface area contributed by atoms with E-state index in [1.165, 1.54) is 12.1 Å². The van der Waals surface area contributed by atoms with Crippen LogP contribution in [0.2, 0.25) is 10.0 Å². The second-order valence-electron chi connectivity index (χ2n) is 6.18. The Bertz CT molecular complexity index is 871. The molecular weight excluding hydrogens is 372 g/mol. The molecule has 0 bridgehead atoms. The Hall–Kier alpha value is -1.91. The zero-order chi connectivity index (χ0) is 18.6. The topological polar surface area (TPSA) is 36.8 Å². The number of quaternary nitrogens is 1. The zero-order valence-corrected chi connectivity index (χ0v) is 15.5. The normalized spacial score (nSPS) is 13.4. The average molecular weight is 391 g/mol. The van der Waals surface area contributed by atoms with Crippen molar-refractivity contribution in [2.24, 2.45) is 0 Å². The van der Waals surface area contributed by atoms with Gasteiger partial charge in [0.2, 0.25) is 0 Å². The lowest BCUT2D eigenvalue weighted by Gasteiger charge is -2.27. The predicted molar refractivity (Wildman–Crippen MR) is 103 cm³/mol. The molecule has 3 N–H and O–H groups in total.